The molecule has 12 heavy (non-hydrogen) atoms. The van der Waals surface area contributed by atoms with E-state index < -0.39 is 25.2 Å². The molecule has 0 aromatic rings. The molecule has 1 unspecified atom stereocenters. The van der Waals surface area contributed by atoms with Crippen LogP contribution >= 0.6 is 12.8 Å². The van der Waals surface area contributed by atoms with E-state index in [-0.39, 0.29) is 3.82 Å². The molecule has 4 N–H and O–H groups in total. The number of nitrogens with zero attached hydrogens (tertiary/aromatic N) is 1. The van der Waals surface area contributed by atoms with Gasteiger partial charge < -0.3 is 5.73 Å². The zero-order chi connectivity index (χ0) is 9.94. The Balaban J connectivity index is 4.59. The van der Waals surface area contributed by atoms with Crippen LogP contribution in [0.5, 0.6) is 0 Å². The first-order valence-corrected chi connectivity index (χ1v) is 5.66. The number of urea groups is 1. The van der Waals surface area contributed by atoms with Crippen LogP contribution in [0.4, 0.5) is 4.79 Å². The number of hydrogen-bond acceptors (Lipinski definition) is 5. The second kappa shape index (κ2) is 4.04. The normalized spacial score (nSPS) is 14.2. The first-order valence-electron chi connectivity index (χ1n) is 2.20. The van der Waals surface area contributed by atoms with Gasteiger partial charge in [0.25, 0.3) is 10.1 Å². The molecular weight excluding hydrogens is 230 g/mol. The second-order valence-corrected chi connectivity index (χ2v) is 5.84. The van der Waals surface area contributed by atoms with Crippen molar-refractivity contribution >= 4 is 38.0 Å². The highest BCUT2D eigenvalue weighted by molar-refractivity contribution is 8.62. The molecule has 0 saturated heterocycles. The lowest BCUT2D eigenvalue weighted by Crippen LogP contribution is -2.43. The van der Waals surface area contributed by atoms with Crippen molar-refractivity contribution in [3.63, 3.8) is 0 Å². The molecular formula is CH5N3O5S3. The summed E-state index contributed by atoms with van der Waals surface area (Å²) in [6.07, 6.45) is 0. The average molecular weight is 235 g/mol. The van der Waals surface area contributed by atoms with Crippen molar-refractivity contribution < 1.29 is 22.0 Å². The van der Waals surface area contributed by atoms with Gasteiger partial charge in [0, 0.05) is 0 Å². The van der Waals surface area contributed by atoms with E-state index in [1.54, 1.807) is 0 Å². The maximum Gasteiger partial charge on any atom is 0.347 e. The maximum absolute atomic E-state index is 10.6. The van der Waals surface area contributed by atoms with Crippen molar-refractivity contribution in [2.75, 3.05) is 0 Å². The summed E-state index contributed by atoms with van der Waals surface area (Å²) in [4.78, 5) is 10.1. The van der Waals surface area contributed by atoms with Crippen LogP contribution in [0.15, 0.2) is 0 Å². The van der Waals surface area contributed by atoms with Gasteiger partial charge in [0.1, 0.15) is 0 Å². The van der Waals surface area contributed by atoms with Crippen molar-refractivity contribution in [2.24, 2.45) is 5.73 Å². The zero-order valence-corrected chi connectivity index (χ0v) is 7.90. The van der Waals surface area contributed by atoms with Crippen molar-refractivity contribution in [2.45, 2.75) is 0 Å². The largest absolute Gasteiger partial charge is 0.351 e. The van der Waals surface area contributed by atoms with Crippen LogP contribution in [0.3, 0.4) is 0 Å². The lowest BCUT2D eigenvalue weighted by Gasteiger charge is -2.11. The smallest absolute Gasteiger partial charge is 0.347 e. The Bertz CT molecular complexity index is 295. The molecule has 0 aliphatic heterocycles. The molecule has 0 aromatic carbocycles. The van der Waals surface area contributed by atoms with Crippen molar-refractivity contribution in [1.29, 1.82) is 0 Å². The third-order valence-electron chi connectivity index (χ3n) is 0.598. The first-order chi connectivity index (χ1) is 5.28. The summed E-state index contributed by atoms with van der Waals surface area (Å²) in [5, 5.41) is 0. The van der Waals surface area contributed by atoms with Crippen LogP contribution in [0.25, 0.3) is 0 Å². The summed E-state index contributed by atoms with van der Waals surface area (Å²) in [5.74, 6) is 0. The lowest BCUT2D eigenvalue weighted by atomic mass is 11.2. The number of hydrogen-bond donors (Lipinski definition) is 4. The van der Waals surface area contributed by atoms with E-state index in [1.165, 1.54) is 5.43 Å². The highest BCUT2D eigenvalue weighted by Crippen LogP contribution is 2.03. The Morgan fingerprint density at radius 3 is 2.33 bits per heavy atom. The highest BCUT2D eigenvalue weighted by Gasteiger charge is 2.26. The summed E-state index contributed by atoms with van der Waals surface area (Å²) in [5.41, 5.74) is 5.96. The van der Waals surface area contributed by atoms with Gasteiger partial charge in [-0.3, -0.25) is 4.55 Å². The molecule has 0 rings (SSSR count). The third kappa shape index (κ3) is 2.94. The van der Waals surface area contributed by atoms with E-state index >= 15 is 0 Å². The monoisotopic (exact) mass is 235 g/mol. The van der Waals surface area contributed by atoms with E-state index in [0.717, 1.165) is 0 Å². The van der Waals surface area contributed by atoms with Gasteiger partial charge in [0.2, 0.25) is 0 Å². The van der Waals surface area contributed by atoms with Crippen LogP contribution in [0, 0.1) is 0 Å². The number of carbonyl (C=O) groups is 1. The minimum absolute atomic E-state index is 0.147. The number of primary amides is 1. The van der Waals surface area contributed by atoms with E-state index in [1.807, 2.05) is 0 Å². The molecule has 0 aromatic heterocycles. The minimum atomic E-state index is -4.56. The summed E-state index contributed by atoms with van der Waals surface area (Å²) in [6, 6.07) is -1.22. The molecule has 2 amide bonds. The summed E-state index contributed by atoms with van der Waals surface area (Å²) < 4.78 is 39.3. The van der Waals surface area contributed by atoms with Crippen LogP contribution in [0.1, 0.15) is 0 Å². The zero-order valence-electron chi connectivity index (χ0n) is 5.37. The standard InChI is InChI=1S/CH5N3O5S3/c2-1(5)3-4(10)12(8,9)11(6)7/h10H,(H,6,7)(H3,2,3,5). The van der Waals surface area contributed by atoms with Gasteiger partial charge in [0.15, 0.2) is 0 Å². The van der Waals surface area contributed by atoms with Gasteiger partial charge in [-0.05, 0) is 3.82 Å². The number of rotatable bonds is 3. The van der Waals surface area contributed by atoms with Crippen molar-refractivity contribution in [1.82, 2.24) is 9.25 Å². The third-order valence-corrected chi connectivity index (χ3v) is 4.08. The Morgan fingerprint density at radius 2 is 2.08 bits per heavy atom. The van der Waals surface area contributed by atoms with E-state index in [2.05, 4.69) is 18.5 Å². The quantitative estimate of drug-likeness (QED) is 0.198. The van der Waals surface area contributed by atoms with Gasteiger partial charge in [-0.1, -0.05) is 12.8 Å². The number of thiol groups is 1. The molecule has 0 saturated carbocycles. The predicted molar refractivity (Wildman–Crippen MR) is 43.2 cm³/mol. The number of hydrazine groups is 1. The molecule has 1 atom stereocenters. The minimum Gasteiger partial charge on any atom is -0.351 e. The van der Waals surface area contributed by atoms with Gasteiger partial charge in [-0.2, -0.15) is 8.42 Å². The number of nitrogens with two attached hydrogens (primary N) is 1. The Morgan fingerprint density at radius 1 is 1.67 bits per heavy atom. The van der Waals surface area contributed by atoms with E-state index in [4.69, 9.17) is 4.55 Å². The SMILES string of the molecule is NC(=O)NN(S)S(=O)(=O)S(=O)O. The summed E-state index contributed by atoms with van der Waals surface area (Å²) in [6.45, 7) is 0. The average Bonchev–Trinajstić information content (AvgIpc) is 1.85. The van der Waals surface area contributed by atoms with E-state index in [0.29, 0.717) is 0 Å². The number of amides is 2. The Hall–Kier alpha value is -0.360. The highest BCUT2D eigenvalue weighted by atomic mass is 33.2. The molecule has 0 bridgehead atoms. The fraction of sp³-hybridized carbons (Fsp3) is 0. The molecule has 0 aliphatic rings. The van der Waals surface area contributed by atoms with Crippen LogP contribution < -0.4 is 11.2 Å². The maximum atomic E-state index is 10.6. The number of carbonyl (C=O) groups excluding carboxylic acids is 1. The molecule has 72 valence electrons. The fourth-order valence-electron chi connectivity index (χ4n) is 0.211. The number of nitrogens with one attached hydrogen (secondary N) is 1. The van der Waals surface area contributed by atoms with Gasteiger partial charge >= 0.3 is 15.1 Å². The molecule has 8 nitrogen and oxygen atoms in total. The molecule has 11 heteroatoms. The Kier molecular flexibility index (Phi) is 3.92. The fourth-order valence-corrected chi connectivity index (χ4v) is 1.62. The summed E-state index contributed by atoms with van der Waals surface area (Å²) >= 11 is 3.17. The topological polar surface area (TPSA) is 130 Å². The predicted octanol–water partition coefficient (Wildman–Crippen LogP) is -1.82. The molecule has 0 radical (unpaired) electrons. The Labute approximate surface area is 75.3 Å². The van der Waals surface area contributed by atoms with Gasteiger partial charge in [0.05, 0.1) is 0 Å². The molecule has 0 spiro atoms. The van der Waals surface area contributed by atoms with Gasteiger partial charge in [-0.15, -0.1) is 0 Å². The van der Waals surface area contributed by atoms with Crippen LogP contribution in [0.2, 0.25) is 0 Å². The molecule has 0 aliphatic carbocycles. The van der Waals surface area contributed by atoms with Gasteiger partial charge in [-0.25, -0.2) is 14.4 Å². The van der Waals surface area contributed by atoms with E-state index in [9.17, 15) is 17.4 Å². The van der Waals surface area contributed by atoms with Crippen molar-refractivity contribution in [3.8, 4) is 0 Å². The lowest BCUT2D eigenvalue weighted by molar-refractivity contribution is 0.242. The second-order valence-electron chi connectivity index (χ2n) is 1.39. The molecule has 0 heterocycles. The molecule has 0 fully saturated rings. The van der Waals surface area contributed by atoms with Crippen LogP contribution in [-0.2, 0) is 19.2 Å². The summed E-state index contributed by atoms with van der Waals surface area (Å²) in [7, 11) is -7.73. The first kappa shape index (κ1) is 11.6. The van der Waals surface area contributed by atoms with Crippen LogP contribution in [-0.4, -0.2) is 27.0 Å². The van der Waals surface area contributed by atoms with Crippen molar-refractivity contribution in [3.05, 3.63) is 0 Å².